The number of amides is 1. The predicted octanol–water partition coefficient (Wildman–Crippen LogP) is 3.49. The van der Waals surface area contributed by atoms with E-state index < -0.39 is 5.91 Å². The van der Waals surface area contributed by atoms with Crippen LogP contribution < -0.4 is 10.2 Å². The minimum absolute atomic E-state index is 0.0313. The molecule has 130 valence electrons. The fourth-order valence-electron chi connectivity index (χ4n) is 2.30. The van der Waals surface area contributed by atoms with E-state index in [1.165, 1.54) is 11.3 Å². The number of carbonyl (C=O) groups excluding carboxylic acids is 1. The molecule has 7 heteroatoms. The first-order chi connectivity index (χ1) is 12.1. The van der Waals surface area contributed by atoms with Gasteiger partial charge in [-0.25, -0.2) is 0 Å². The van der Waals surface area contributed by atoms with Crippen molar-refractivity contribution >= 4 is 34.1 Å². The van der Waals surface area contributed by atoms with Crippen molar-refractivity contribution in [2.45, 2.75) is 27.2 Å². The zero-order valence-electron chi connectivity index (χ0n) is 14.6. The Hall–Kier alpha value is -2.72. The average molecular weight is 355 g/mol. The molecule has 6 nitrogen and oxygen atoms in total. The minimum atomic E-state index is -0.478. The highest BCUT2D eigenvalue weighted by atomic mass is 32.1. The van der Waals surface area contributed by atoms with E-state index in [9.17, 15) is 10.1 Å². The first-order valence-corrected chi connectivity index (χ1v) is 9.03. The number of rotatable bonds is 7. The molecule has 0 aliphatic carbocycles. The summed E-state index contributed by atoms with van der Waals surface area (Å²) in [6.07, 6.45) is 2.33. The molecule has 1 aromatic heterocycles. The van der Waals surface area contributed by atoms with E-state index in [4.69, 9.17) is 0 Å². The lowest BCUT2D eigenvalue weighted by Gasteiger charge is -2.20. The topological polar surface area (TPSA) is 81.9 Å². The standard InChI is InChI=1S/C18H21N5OS/c1-4-16-21-22-18(25-16)20-17(24)14(12-19)11-13-7-9-15(10-8-13)23(5-2)6-3/h7-11H,4-6H2,1-3H3,(H,20,22,24)/b14-11-. The Kier molecular flexibility index (Phi) is 6.66. The van der Waals surface area contributed by atoms with Gasteiger partial charge >= 0.3 is 0 Å². The van der Waals surface area contributed by atoms with Gasteiger partial charge in [-0.15, -0.1) is 10.2 Å². The van der Waals surface area contributed by atoms with Gasteiger partial charge in [-0.1, -0.05) is 30.4 Å². The molecular formula is C18H21N5OS. The highest BCUT2D eigenvalue weighted by Crippen LogP contribution is 2.19. The summed E-state index contributed by atoms with van der Waals surface area (Å²) in [5, 5.41) is 21.0. The summed E-state index contributed by atoms with van der Waals surface area (Å²) in [5.74, 6) is -0.478. The van der Waals surface area contributed by atoms with Crippen LogP contribution >= 0.6 is 11.3 Å². The molecule has 0 aliphatic rings. The Morgan fingerprint density at radius 1 is 1.24 bits per heavy atom. The number of aromatic nitrogens is 2. The smallest absolute Gasteiger partial charge is 0.268 e. The molecule has 0 saturated heterocycles. The molecule has 0 spiro atoms. The molecule has 25 heavy (non-hydrogen) atoms. The number of benzene rings is 1. The van der Waals surface area contributed by atoms with E-state index in [0.29, 0.717) is 5.13 Å². The Morgan fingerprint density at radius 3 is 2.44 bits per heavy atom. The van der Waals surface area contributed by atoms with Crippen LogP contribution in [0.2, 0.25) is 0 Å². The van der Waals surface area contributed by atoms with Crippen molar-refractivity contribution in [2.24, 2.45) is 0 Å². The van der Waals surface area contributed by atoms with Crippen LogP contribution in [0.3, 0.4) is 0 Å². The lowest BCUT2D eigenvalue weighted by Crippen LogP contribution is -2.21. The fraction of sp³-hybridized carbons (Fsp3) is 0.333. The van der Waals surface area contributed by atoms with Gasteiger partial charge in [0.25, 0.3) is 5.91 Å². The Balaban J connectivity index is 2.13. The molecule has 0 atom stereocenters. The van der Waals surface area contributed by atoms with E-state index in [-0.39, 0.29) is 5.57 Å². The van der Waals surface area contributed by atoms with Crippen molar-refractivity contribution in [3.8, 4) is 6.07 Å². The molecule has 1 N–H and O–H groups in total. The maximum Gasteiger partial charge on any atom is 0.268 e. The average Bonchev–Trinajstić information content (AvgIpc) is 3.09. The number of hydrogen-bond donors (Lipinski definition) is 1. The Bertz CT molecular complexity index is 785. The molecular weight excluding hydrogens is 334 g/mol. The zero-order chi connectivity index (χ0) is 18.2. The largest absolute Gasteiger partial charge is 0.372 e. The van der Waals surface area contributed by atoms with E-state index in [0.717, 1.165) is 35.8 Å². The number of hydrogen-bond acceptors (Lipinski definition) is 6. The number of aryl methyl sites for hydroxylation is 1. The van der Waals surface area contributed by atoms with Crippen LogP contribution in [0.25, 0.3) is 6.08 Å². The van der Waals surface area contributed by atoms with E-state index in [1.54, 1.807) is 6.08 Å². The second-order valence-electron chi connectivity index (χ2n) is 5.24. The summed E-state index contributed by atoms with van der Waals surface area (Å²) < 4.78 is 0. The van der Waals surface area contributed by atoms with E-state index >= 15 is 0 Å². The summed E-state index contributed by atoms with van der Waals surface area (Å²) in [4.78, 5) is 14.5. The SMILES string of the molecule is CCc1nnc(NC(=O)/C(C#N)=C\c2ccc(N(CC)CC)cc2)s1. The number of nitrogens with one attached hydrogen (secondary N) is 1. The summed E-state index contributed by atoms with van der Waals surface area (Å²) in [5.41, 5.74) is 1.95. The zero-order valence-corrected chi connectivity index (χ0v) is 15.4. The number of nitrogens with zero attached hydrogens (tertiary/aromatic N) is 4. The number of nitriles is 1. The molecule has 1 aromatic carbocycles. The highest BCUT2D eigenvalue weighted by molar-refractivity contribution is 7.15. The monoisotopic (exact) mass is 355 g/mol. The first kappa shape index (κ1) is 18.6. The predicted molar refractivity (Wildman–Crippen MR) is 102 cm³/mol. The van der Waals surface area contributed by atoms with Crippen molar-refractivity contribution in [2.75, 3.05) is 23.3 Å². The molecule has 0 saturated carbocycles. The minimum Gasteiger partial charge on any atom is -0.372 e. The molecule has 0 radical (unpaired) electrons. The van der Waals surface area contributed by atoms with Gasteiger partial charge in [0.05, 0.1) is 0 Å². The van der Waals surface area contributed by atoms with Crippen LogP contribution in [-0.4, -0.2) is 29.2 Å². The summed E-state index contributed by atoms with van der Waals surface area (Å²) >= 11 is 1.31. The van der Waals surface area contributed by atoms with E-state index in [1.807, 2.05) is 37.3 Å². The first-order valence-electron chi connectivity index (χ1n) is 8.21. The Morgan fingerprint density at radius 2 is 1.92 bits per heavy atom. The Labute approximate surface area is 151 Å². The van der Waals surface area contributed by atoms with Gasteiger partial charge in [-0.05, 0) is 44.0 Å². The number of carbonyl (C=O) groups is 1. The van der Waals surface area contributed by atoms with Crippen molar-refractivity contribution in [3.05, 3.63) is 40.4 Å². The van der Waals surface area contributed by atoms with Gasteiger partial charge in [0.2, 0.25) is 5.13 Å². The molecule has 2 rings (SSSR count). The van der Waals surface area contributed by atoms with Gasteiger partial charge in [0, 0.05) is 18.8 Å². The van der Waals surface area contributed by atoms with Gasteiger partial charge in [0.15, 0.2) is 0 Å². The quantitative estimate of drug-likeness (QED) is 0.607. The van der Waals surface area contributed by atoms with Crippen LogP contribution in [0.4, 0.5) is 10.8 Å². The summed E-state index contributed by atoms with van der Waals surface area (Å²) in [7, 11) is 0. The van der Waals surface area contributed by atoms with Crippen LogP contribution in [0.15, 0.2) is 29.8 Å². The molecule has 0 unspecified atom stereocenters. The van der Waals surface area contributed by atoms with E-state index in [2.05, 4.69) is 34.3 Å². The molecule has 1 amide bonds. The summed E-state index contributed by atoms with van der Waals surface area (Å²) in [6.45, 7) is 8.03. The molecule has 0 fully saturated rings. The second-order valence-corrected chi connectivity index (χ2v) is 6.30. The maximum atomic E-state index is 12.2. The van der Waals surface area contributed by atoms with Crippen molar-refractivity contribution in [1.29, 1.82) is 5.26 Å². The molecule has 0 bridgehead atoms. The van der Waals surface area contributed by atoms with Gasteiger partial charge in [0.1, 0.15) is 16.6 Å². The van der Waals surface area contributed by atoms with Crippen molar-refractivity contribution in [3.63, 3.8) is 0 Å². The van der Waals surface area contributed by atoms with Crippen molar-refractivity contribution < 1.29 is 4.79 Å². The summed E-state index contributed by atoms with van der Waals surface area (Å²) in [6, 6.07) is 9.73. The molecule has 2 aromatic rings. The normalized spacial score (nSPS) is 11.0. The number of anilines is 2. The third kappa shape index (κ3) is 4.88. The van der Waals surface area contributed by atoms with Crippen LogP contribution in [0.5, 0.6) is 0 Å². The fourth-order valence-corrected chi connectivity index (χ4v) is 2.97. The van der Waals surface area contributed by atoms with Gasteiger partial charge in [-0.2, -0.15) is 5.26 Å². The molecule has 1 heterocycles. The van der Waals surface area contributed by atoms with Crippen LogP contribution in [0, 0.1) is 11.3 Å². The van der Waals surface area contributed by atoms with Crippen molar-refractivity contribution in [1.82, 2.24) is 10.2 Å². The van der Waals surface area contributed by atoms with Crippen LogP contribution in [0.1, 0.15) is 31.3 Å². The maximum absolute atomic E-state index is 12.2. The third-order valence-corrected chi connectivity index (χ3v) is 4.67. The third-order valence-electron chi connectivity index (χ3n) is 3.69. The van der Waals surface area contributed by atoms with Gasteiger partial charge < -0.3 is 4.90 Å². The van der Waals surface area contributed by atoms with Crippen LogP contribution in [-0.2, 0) is 11.2 Å². The second kappa shape index (κ2) is 8.94. The lowest BCUT2D eigenvalue weighted by atomic mass is 10.1. The lowest BCUT2D eigenvalue weighted by molar-refractivity contribution is -0.112. The van der Waals surface area contributed by atoms with Gasteiger partial charge in [-0.3, -0.25) is 10.1 Å². The molecule has 0 aliphatic heterocycles. The highest BCUT2D eigenvalue weighted by Gasteiger charge is 2.12.